The molecular formula is C11H20N2O. The van der Waals surface area contributed by atoms with Gasteiger partial charge in [0.15, 0.2) is 0 Å². The van der Waals surface area contributed by atoms with Gasteiger partial charge in [0, 0.05) is 19.1 Å². The lowest BCUT2D eigenvalue weighted by atomic mass is 9.91. The van der Waals surface area contributed by atoms with Crippen molar-refractivity contribution in [2.24, 2.45) is 5.92 Å². The van der Waals surface area contributed by atoms with Crippen LogP contribution in [0, 0.1) is 5.92 Å². The molecule has 2 heterocycles. The Hall–Kier alpha value is -0.570. The molecular weight excluding hydrogens is 176 g/mol. The average molecular weight is 196 g/mol. The minimum absolute atomic E-state index is 0.238. The molecule has 0 aromatic rings. The molecule has 0 saturated carbocycles. The predicted octanol–water partition coefficient (Wildman–Crippen LogP) is 0.997. The van der Waals surface area contributed by atoms with Crippen LogP contribution in [0.1, 0.15) is 32.6 Å². The van der Waals surface area contributed by atoms with Crippen LogP contribution in [0.5, 0.6) is 0 Å². The second-order valence-electron chi connectivity index (χ2n) is 4.52. The summed E-state index contributed by atoms with van der Waals surface area (Å²) in [6.45, 7) is 5.19. The molecule has 14 heavy (non-hydrogen) atoms. The van der Waals surface area contributed by atoms with Gasteiger partial charge in [-0.25, -0.2) is 0 Å². The van der Waals surface area contributed by atoms with Crippen LogP contribution in [-0.2, 0) is 4.79 Å². The van der Waals surface area contributed by atoms with Crippen molar-refractivity contribution in [3.8, 4) is 0 Å². The highest BCUT2D eigenvalue weighted by Crippen LogP contribution is 2.21. The zero-order valence-corrected chi connectivity index (χ0v) is 8.96. The highest BCUT2D eigenvalue weighted by Gasteiger charge is 2.31. The summed E-state index contributed by atoms with van der Waals surface area (Å²) in [4.78, 5) is 14.1. The molecule has 3 heteroatoms. The van der Waals surface area contributed by atoms with Crippen LogP contribution in [0.3, 0.4) is 0 Å². The lowest BCUT2D eigenvalue weighted by Crippen LogP contribution is -2.47. The van der Waals surface area contributed by atoms with E-state index in [1.807, 2.05) is 4.90 Å². The molecule has 0 aromatic carbocycles. The maximum Gasteiger partial charge on any atom is 0.227 e. The summed E-state index contributed by atoms with van der Waals surface area (Å²) in [6, 6.07) is 0.372. The molecule has 3 nitrogen and oxygen atoms in total. The Bertz CT molecular complexity index is 211. The van der Waals surface area contributed by atoms with Gasteiger partial charge in [0.05, 0.1) is 5.92 Å². The predicted molar refractivity (Wildman–Crippen MR) is 56.0 cm³/mol. The van der Waals surface area contributed by atoms with Gasteiger partial charge in [-0.05, 0) is 39.2 Å². The summed E-state index contributed by atoms with van der Waals surface area (Å²) in [5.74, 6) is 0.629. The minimum Gasteiger partial charge on any atom is -0.342 e. The van der Waals surface area contributed by atoms with E-state index >= 15 is 0 Å². The lowest BCUT2D eigenvalue weighted by molar-refractivity contribution is -0.136. The molecule has 1 N–H and O–H groups in total. The van der Waals surface area contributed by atoms with Crippen LogP contribution in [-0.4, -0.2) is 36.5 Å². The number of likely N-dealkylation sites (tertiary alicyclic amines) is 1. The van der Waals surface area contributed by atoms with E-state index in [4.69, 9.17) is 0 Å². The molecule has 2 saturated heterocycles. The highest BCUT2D eigenvalue weighted by atomic mass is 16.2. The summed E-state index contributed by atoms with van der Waals surface area (Å²) < 4.78 is 0. The Morgan fingerprint density at radius 2 is 2.00 bits per heavy atom. The Labute approximate surface area is 85.8 Å². The van der Waals surface area contributed by atoms with Gasteiger partial charge in [0.25, 0.3) is 0 Å². The number of hydrogen-bond donors (Lipinski definition) is 1. The number of carbonyl (C=O) groups is 1. The second-order valence-corrected chi connectivity index (χ2v) is 4.52. The Morgan fingerprint density at radius 1 is 1.29 bits per heavy atom. The second kappa shape index (κ2) is 4.30. The van der Waals surface area contributed by atoms with E-state index in [2.05, 4.69) is 12.2 Å². The number of nitrogens with zero attached hydrogens (tertiary/aromatic N) is 1. The summed E-state index contributed by atoms with van der Waals surface area (Å²) in [5, 5.41) is 3.39. The van der Waals surface area contributed by atoms with Crippen LogP contribution < -0.4 is 5.32 Å². The number of piperidine rings is 1. The third kappa shape index (κ3) is 1.92. The van der Waals surface area contributed by atoms with Crippen molar-refractivity contribution in [1.29, 1.82) is 0 Å². The molecule has 2 aliphatic rings. The summed E-state index contributed by atoms with van der Waals surface area (Å²) in [7, 11) is 0. The average Bonchev–Trinajstić information content (AvgIpc) is 2.70. The Balaban J connectivity index is 1.94. The molecule has 2 atom stereocenters. The summed E-state index contributed by atoms with van der Waals surface area (Å²) in [5.41, 5.74) is 0. The summed E-state index contributed by atoms with van der Waals surface area (Å²) >= 11 is 0. The van der Waals surface area contributed by atoms with Crippen molar-refractivity contribution in [1.82, 2.24) is 10.2 Å². The van der Waals surface area contributed by atoms with Gasteiger partial charge in [0.1, 0.15) is 0 Å². The molecule has 0 bridgehead atoms. The number of hydrogen-bond acceptors (Lipinski definition) is 2. The lowest BCUT2D eigenvalue weighted by Gasteiger charge is -2.31. The van der Waals surface area contributed by atoms with Crippen LogP contribution in [0.4, 0.5) is 0 Å². The van der Waals surface area contributed by atoms with E-state index in [1.165, 1.54) is 12.8 Å². The zero-order valence-electron chi connectivity index (χ0n) is 8.96. The summed E-state index contributed by atoms with van der Waals surface area (Å²) in [6.07, 6.45) is 4.61. The smallest absolute Gasteiger partial charge is 0.227 e. The molecule has 0 aromatic heterocycles. The normalized spacial score (nSPS) is 33.4. The van der Waals surface area contributed by atoms with Gasteiger partial charge in [-0.3, -0.25) is 4.79 Å². The third-order valence-corrected chi connectivity index (χ3v) is 3.50. The topological polar surface area (TPSA) is 32.3 Å². The molecule has 0 radical (unpaired) electrons. The third-order valence-electron chi connectivity index (χ3n) is 3.50. The highest BCUT2D eigenvalue weighted by molar-refractivity contribution is 5.79. The van der Waals surface area contributed by atoms with Gasteiger partial charge >= 0.3 is 0 Å². The molecule has 0 spiro atoms. The fourth-order valence-corrected chi connectivity index (χ4v) is 2.55. The Morgan fingerprint density at radius 3 is 2.64 bits per heavy atom. The SMILES string of the molecule is C[C@@H]1NCCC[C@H]1C(=O)N1CCCC1. The number of rotatable bonds is 1. The molecule has 0 aliphatic carbocycles. The first-order valence-corrected chi connectivity index (χ1v) is 5.81. The van der Waals surface area contributed by atoms with Crippen LogP contribution >= 0.6 is 0 Å². The van der Waals surface area contributed by atoms with Gasteiger partial charge in [-0.1, -0.05) is 0 Å². The molecule has 2 fully saturated rings. The van der Waals surface area contributed by atoms with Crippen molar-refractivity contribution in [2.75, 3.05) is 19.6 Å². The van der Waals surface area contributed by atoms with E-state index in [1.54, 1.807) is 0 Å². The first kappa shape index (κ1) is 9.97. The van der Waals surface area contributed by atoms with Crippen molar-refractivity contribution in [3.05, 3.63) is 0 Å². The number of amides is 1. The zero-order chi connectivity index (χ0) is 9.97. The van der Waals surface area contributed by atoms with Crippen LogP contribution in [0.2, 0.25) is 0 Å². The van der Waals surface area contributed by atoms with Gasteiger partial charge in [0.2, 0.25) is 5.91 Å². The number of nitrogens with one attached hydrogen (secondary N) is 1. The largest absolute Gasteiger partial charge is 0.342 e. The van der Waals surface area contributed by atoms with E-state index < -0.39 is 0 Å². The first-order chi connectivity index (χ1) is 6.79. The maximum absolute atomic E-state index is 12.1. The fraction of sp³-hybridized carbons (Fsp3) is 0.909. The number of carbonyl (C=O) groups excluding carboxylic acids is 1. The van der Waals surface area contributed by atoms with Gasteiger partial charge in [-0.15, -0.1) is 0 Å². The Kier molecular flexibility index (Phi) is 3.06. The quantitative estimate of drug-likeness (QED) is 0.678. The van der Waals surface area contributed by atoms with Crippen molar-refractivity contribution in [2.45, 2.75) is 38.6 Å². The van der Waals surface area contributed by atoms with Gasteiger partial charge < -0.3 is 10.2 Å². The minimum atomic E-state index is 0.238. The molecule has 2 aliphatic heterocycles. The van der Waals surface area contributed by atoms with E-state index in [0.717, 1.165) is 32.5 Å². The van der Waals surface area contributed by atoms with Crippen molar-refractivity contribution >= 4 is 5.91 Å². The van der Waals surface area contributed by atoms with Gasteiger partial charge in [-0.2, -0.15) is 0 Å². The van der Waals surface area contributed by atoms with Crippen LogP contribution in [0.25, 0.3) is 0 Å². The van der Waals surface area contributed by atoms with Crippen molar-refractivity contribution < 1.29 is 4.79 Å². The first-order valence-electron chi connectivity index (χ1n) is 5.81. The molecule has 0 unspecified atom stereocenters. The van der Waals surface area contributed by atoms with E-state index in [0.29, 0.717) is 11.9 Å². The van der Waals surface area contributed by atoms with Crippen molar-refractivity contribution in [3.63, 3.8) is 0 Å². The van der Waals surface area contributed by atoms with E-state index in [9.17, 15) is 4.79 Å². The van der Waals surface area contributed by atoms with Crippen LogP contribution in [0.15, 0.2) is 0 Å². The molecule has 1 amide bonds. The molecule has 80 valence electrons. The fourth-order valence-electron chi connectivity index (χ4n) is 2.55. The monoisotopic (exact) mass is 196 g/mol. The molecule has 2 rings (SSSR count). The maximum atomic E-state index is 12.1. The standard InChI is InChI=1S/C11H20N2O/c1-9-10(5-4-6-12-9)11(14)13-7-2-3-8-13/h9-10,12H,2-8H2,1H3/t9-,10+/m0/s1. The van der Waals surface area contributed by atoms with E-state index in [-0.39, 0.29) is 5.92 Å².